The highest BCUT2D eigenvalue weighted by molar-refractivity contribution is 9.09. The molecule has 0 unspecified atom stereocenters. The van der Waals surface area contributed by atoms with E-state index in [1.807, 2.05) is 0 Å². The van der Waals surface area contributed by atoms with Gasteiger partial charge in [-0.3, -0.25) is 0 Å². The van der Waals surface area contributed by atoms with Gasteiger partial charge in [0.05, 0.1) is 16.2 Å². The van der Waals surface area contributed by atoms with Crippen molar-refractivity contribution in [3.8, 4) is 0 Å². The van der Waals surface area contributed by atoms with Gasteiger partial charge >= 0.3 is 6.18 Å². The molecule has 0 aliphatic carbocycles. The molecule has 0 atom stereocenters. The van der Waals surface area contributed by atoms with Crippen LogP contribution in [0.15, 0.2) is 29.2 Å². The molecule has 0 spiro atoms. The Morgan fingerprint density at radius 1 is 1.11 bits per heavy atom. The van der Waals surface area contributed by atoms with Crippen molar-refractivity contribution in [1.82, 2.24) is 0 Å². The summed E-state index contributed by atoms with van der Waals surface area (Å²) >= 11 is 3.14. The van der Waals surface area contributed by atoms with Crippen LogP contribution in [0, 0.1) is 0 Å². The molecule has 0 aliphatic rings. The van der Waals surface area contributed by atoms with Crippen molar-refractivity contribution in [1.29, 1.82) is 0 Å². The maximum absolute atomic E-state index is 12.7. The minimum Gasteiger partial charge on any atom is -0.224 e. The Morgan fingerprint density at radius 3 is 2.28 bits per heavy atom. The topological polar surface area (TPSA) is 34.1 Å². The number of benzene rings is 1. The van der Waals surface area contributed by atoms with Gasteiger partial charge in [-0.25, -0.2) is 8.42 Å². The molecule has 1 aromatic carbocycles. The highest BCUT2D eigenvalue weighted by Crippen LogP contribution is 2.34. The average Bonchev–Trinajstić information content (AvgIpc) is 2.28. The minimum atomic E-state index is -4.65. The van der Waals surface area contributed by atoms with E-state index in [1.54, 1.807) is 0 Å². The van der Waals surface area contributed by atoms with Crippen LogP contribution < -0.4 is 0 Å². The summed E-state index contributed by atoms with van der Waals surface area (Å²) in [6.07, 6.45) is -3.72. The van der Waals surface area contributed by atoms with Crippen LogP contribution in [0.25, 0.3) is 0 Å². The maximum atomic E-state index is 12.7. The zero-order chi connectivity index (χ0) is 13.8. The molecule has 18 heavy (non-hydrogen) atoms. The Kier molecular flexibility index (Phi) is 5.21. The number of hydrogen-bond acceptors (Lipinski definition) is 2. The van der Waals surface area contributed by atoms with Crippen LogP contribution in [0.2, 0.25) is 0 Å². The molecule has 0 aliphatic heterocycles. The van der Waals surface area contributed by atoms with E-state index in [-0.39, 0.29) is 5.75 Å². The van der Waals surface area contributed by atoms with Crippen molar-refractivity contribution in [2.45, 2.75) is 23.9 Å². The predicted octanol–water partition coefficient (Wildman–Crippen LogP) is 3.65. The fraction of sp³-hybridized carbons (Fsp3) is 0.455. The highest BCUT2D eigenvalue weighted by atomic mass is 79.9. The second kappa shape index (κ2) is 6.06. The first-order valence-corrected chi connectivity index (χ1v) is 8.01. The standard InChI is InChI=1S/C11H12BrF3O2S/c12-7-3-4-8-18(16,17)10-6-2-1-5-9(10)11(13,14)15/h1-2,5-6H,3-4,7-8H2. The largest absolute Gasteiger partial charge is 0.417 e. The van der Waals surface area contributed by atoms with E-state index in [4.69, 9.17) is 0 Å². The lowest BCUT2D eigenvalue weighted by atomic mass is 10.2. The van der Waals surface area contributed by atoms with Gasteiger partial charge in [0, 0.05) is 5.33 Å². The van der Waals surface area contributed by atoms with Crippen molar-refractivity contribution in [2.75, 3.05) is 11.1 Å². The SMILES string of the molecule is O=S(=O)(CCCCBr)c1ccccc1C(F)(F)F. The van der Waals surface area contributed by atoms with E-state index in [1.165, 1.54) is 12.1 Å². The summed E-state index contributed by atoms with van der Waals surface area (Å²) in [6.45, 7) is 0. The first-order valence-electron chi connectivity index (χ1n) is 5.24. The summed E-state index contributed by atoms with van der Waals surface area (Å²) < 4.78 is 61.8. The van der Waals surface area contributed by atoms with Gasteiger partial charge in [0.2, 0.25) is 0 Å². The van der Waals surface area contributed by atoms with Gasteiger partial charge in [-0.15, -0.1) is 0 Å². The summed E-state index contributed by atoms with van der Waals surface area (Å²) in [5.74, 6) is -0.272. The summed E-state index contributed by atoms with van der Waals surface area (Å²) in [5.41, 5.74) is -1.09. The lowest BCUT2D eigenvalue weighted by Crippen LogP contribution is -2.15. The Balaban J connectivity index is 3.09. The van der Waals surface area contributed by atoms with Gasteiger partial charge < -0.3 is 0 Å². The molecule has 0 bridgehead atoms. The van der Waals surface area contributed by atoms with E-state index >= 15 is 0 Å². The molecular formula is C11H12BrF3O2S. The van der Waals surface area contributed by atoms with Crippen LogP contribution >= 0.6 is 15.9 Å². The summed E-state index contributed by atoms with van der Waals surface area (Å²) in [5, 5.41) is 0.628. The molecule has 7 heteroatoms. The minimum absolute atomic E-state index is 0.272. The van der Waals surface area contributed by atoms with Crippen LogP contribution in [-0.4, -0.2) is 19.5 Å². The number of rotatable bonds is 5. The normalized spacial score (nSPS) is 12.7. The van der Waals surface area contributed by atoms with E-state index in [0.717, 1.165) is 12.1 Å². The third kappa shape index (κ3) is 3.98. The van der Waals surface area contributed by atoms with Crippen molar-refractivity contribution >= 4 is 25.8 Å². The summed E-state index contributed by atoms with van der Waals surface area (Å²) in [4.78, 5) is -0.632. The molecule has 0 fully saturated rings. The Morgan fingerprint density at radius 2 is 1.72 bits per heavy atom. The second-order valence-corrected chi connectivity index (χ2v) is 6.58. The van der Waals surface area contributed by atoms with Crippen molar-refractivity contribution in [3.05, 3.63) is 29.8 Å². The van der Waals surface area contributed by atoms with Crippen LogP contribution in [0.5, 0.6) is 0 Å². The Hall–Kier alpha value is -0.560. The lowest BCUT2D eigenvalue weighted by molar-refractivity contribution is -0.139. The quantitative estimate of drug-likeness (QED) is 0.603. The fourth-order valence-electron chi connectivity index (χ4n) is 1.47. The maximum Gasteiger partial charge on any atom is 0.417 e. The van der Waals surface area contributed by atoms with Gasteiger partial charge in [-0.1, -0.05) is 28.1 Å². The number of alkyl halides is 4. The van der Waals surface area contributed by atoms with Crippen molar-refractivity contribution in [2.24, 2.45) is 0 Å². The molecular weight excluding hydrogens is 333 g/mol. The van der Waals surface area contributed by atoms with Gasteiger partial charge in [0.25, 0.3) is 0 Å². The monoisotopic (exact) mass is 344 g/mol. The van der Waals surface area contributed by atoms with Gasteiger partial charge in [-0.05, 0) is 25.0 Å². The third-order valence-electron chi connectivity index (χ3n) is 2.32. The van der Waals surface area contributed by atoms with E-state index in [2.05, 4.69) is 15.9 Å². The Labute approximate surface area is 112 Å². The van der Waals surface area contributed by atoms with E-state index in [9.17, 15) is 21.6 Å². The van der Waals surface area contributed by atoms with Crippen LogP contribution in [0.1, 0.15) is 18.4 Å². The lowest BCUT2D eigenvalue weighted by Gasteiger charge is -2.12. The van der Waals surface area contributed by atoms with E-state index < -0.39 is 26.5 Å². The molecule has 0 heterocycles. The molecule has 1 aromatic rings. The smallest absolute Gasteiger partial charge is 0.224 e. The van der Waals surface area contributed by atoms with Crippen LogP contribution in [0.3, 0.4) is 0 Å². The van der Waals surface area contributed by atoms with E-state index in [0.29, 0.717) is 18.2 Å². The second-order valence-electron chi connectivity index (χ2n) is 3.71. The molecule has 1 rings (SSSR count). The third-order valence-corrected chi connectivity index (χ3v) is 4.74. The zero-order valence-corrected chi connectivity index (χ0v) is 11.8. The summed E-state index contributed by atoms with van der Waals surface area (Å²) in [6, 6.07) is 4.27. The molecule has 0 N–H and O–H groups in total. The molecule has 0 saturated carbocycles. The van der Waals surface area contributed by atoms with Gasteiger partial charge in [0.15, 0.2) is 9.84 Å². The predicted molar refractivity (Wildman–Crippen MR) is 66.5 cm³/mol. The molecule has 0 aromatic heterocycles. The summed E-state index contributed by atoms with van der Waals surface area (Å²) in [7, 11) is -3.89. The number of hydrogen-bond donors (Lipinski definition) is 0. The molecule has 0 amide bonds. The Bertz CT molecular complexity index is 497. The van der Waals surface area contributed by atoms with Crippen LogP contribution in [0.4, 0.5) is 13.2 Å². The van der Waals surface area contributed by atoms with Gasteiger partial charge in [0.1, 0.15) is 0 Å². The highest BCUT2D eigenvalue weighted by Gasteiger charge is 2.36. The van der Waals surface area contributed by atoms with Crippen molar-refractivity contribution in [3.63, 3.8) is 0 Å². The number of unbranched alkanes of at least 4 members (excludes halogenated alkanes) is 1. The van der Waals surface area contributed by atoms with Gasteiger partial charge in [-0.2, -0.15) is 13.2 Å². The first-order chi connectivity index (χ1) is 8.29. The number of sulfone groups is 1. The van der Waals surface area contributed by atoms with Crippen molar-refractivity contribution < 1.29 is 21.6 Å². The average molecular weight is 345 g/mol. The molecule has 2 nitrogen and oxygen atoms in total. The zero-order valence-electron chi connectivity index (χ0n) is 9.37. The van der Waals surface area contributed by atoms with Crippen LogP contribution in [-0.2, 0) is 16.0 Å². The molecule has 102 valence electrons. The first kappa shape index (κ1) is 15.5. The fourth-order valence-corrected chi connectivity index (χ4v) is 3.47. The number of halogens is 4. The molecule has 0 saturated heterocycles. The molecule has 0 radical (unpaired) electrons.